The van der Waals surface area contributed by atoms with Crippen LogP contribution in [-0.4, -0.2) is 50.4 Å². The van der Waals surface area contributed by atoms with Gasteiger partial charge in [-0.3, -0.25) is 9.48 Å². The van der Waals surface area contributed by atoms with Gasteiger partial charge < -0.3 is 14.2 Å². The number of nitrogens with zero attached hydrogens (tertiary/aromatic N) is 5. The summed E-state index contributed by atoms with van der Waals surface area (Å²) in [6.45, 7) is 4.23. The van der Waals surface area contributed by atoms with E-state index in [-0.39, 0.29) is 11.8 Å². The van der Waals surface area contributed by atoms with E-state index in [0.29, 0.717) is 50.1 Å². The summed E-state index contributed by atoms with van der Waals surface area (Å²) in [6, 6.07) is 11.9. The highest BCUT2D eigenvalue weighted by atomic mass is 16.5. The van der Waals surface area contributed by atoms with Crippen LogP contribution in [0.25, 0.3) is 0 Å². The average molecular weight is 395 g/mol. The molecule has 2 aromatic heterocycles. The lowest BCUT2D eigenvalue weighted by Crippen LogP contribution is -2.30. The summed E-state index contributed by atoms with van der Waals surface area (Å²) in [4.78, 5) is 19.1. The molecule has 0 aliphatic carbocycles. The van der Waals surface area contributed by atoms with Gasteiger partial charge in [0.1, 0.15) is 5.69 Å². The highest BCUT2D eigenvalue weighted by Crippen LogP contribution is 2.27. The standard InChI is InChI=1S/C21H25N5O3/c1-15-12-18(25(2)23-15)21(27)26-10-8-17(13-26)20-22-19(24-29-20)9-11-28-14-16-6-4-3-5-7-16/h3-7,12,17H,8-11,13-14H2,1-2H3. The van der Waals surface area contributed by atoms with Crippen LogP contribution in [0.1, 0.15) is 45.8 Å². The molecule has 0 radical (unpaired) electrons. The fourth-order valence-corrected chi connectivity index (χ4v) is 3.58. The maximum Gasteiger partial charge on any atom is 0.272 e. The van der Waals surface area contributed by atoms with E-state index >= 15 is 0 Å². The molecule has 1 atom stereocenters. The first-order chi connectivity index (χ1) is 14.1. The molecular formula is C21H25N5O3. The fraction of sp³-hybridized carbons (Fsp3) is 0.429. The van der Waals surface area contributed by atoms with Crippen LogP contribution >= 0.6 is 0 Å². The highest BCUT2D eigenvalue weighted by molar-refractivity contribution is 5.93. The van der Waals surface area contributed by atoms with Crippen molar-refractivity contribution in [3.63, 3.8) is 0 Å². The van der Waals surface area contributed by atoms with Gasteiger partial charge in [0.2, 0.25) is 5.89 Å². The van der Waals surface area contributed by atoms with Crippen LogP contribution in [0.4, 0.5) is 0 Å². The first kappa shape index (κ1) is 19.3. The molecule has 8 heteroatoms. The minimum absolute atomic E-state index is 0.00958. The fourth-order valence-electron chi connectivity index (χ4n) is 3.58. The molecule has 29 heavy (non-hydrogen) atoms. The zero-order valence-electron chi connectivity index (χ0n) is 16.7. The maximum atomic E-state index is 12.7. The molecule has 8 nitrogen and oxygen atoms in total. The third kappa shape index (κ3) is 4.54. The van der Waals surface area contributed by atoms with Crippen molar-refractivity contribution in [2.24, 2.45) is 7.05 Å². The summed E-state index contributed by atoms with van der Waals surface area (Å²) in [6.07, 6.45) is 1.41. The van der Waals surface area contributed by atoms with Crippen LogP contribution in [0.3, 0.4) is 0 Å². The van der Waals surface area contributed by atoms with E-state index in [1.807, 2.05) is 48.2 Å². The number of hydrogen-bond donors (Lipinski definition) is 0. The Balaban J connectivity index is 1.27. The number of hydrogen-bond acceptors (Lipinski definition) is 6. The zero-order valence-corrected chi connectivity index (χ0v) is 16.7. The van der Waals surface area contributed by atoms with E-state index in [1.165, 1.54) is 0 Å². The van der Waals surface area contributed by atoms with Gasteiger partial charge in [-0.2, -0.15) is 10.1 Å². The normalized spacial score (nSPS) is 16.5. The van der Waals surface area contributed by atoms with Gasteiger partial charge in [-0.1, -0.05) is 35.5 Å². The summed E-state index contributed by atoms with van der Waals surface area (Å²) in [5, 5.41) is 8.32. The number of benzene rings is 1. The van der Waals surface area contributed by atoms with Gasteiger partial charge in [-0.25, -0.2) is 0 Å². The van der Waals surface area contributed by atoms with Crippen molar-refractivity contribution in [2.45, 2.75) is 32.3 Å². The molecule has 1 unspecified atom stereocenters. The molecule has 0 spiro atoms. The van der Waals surface area contributed by atoms with Crippen LogP contribution in [0.5, 0.6) is 0 Å². The van der Waals surface area contributed by atoms with Gasteiger partial charge in [-0.15, -0.1) is 0 Å². The van der Waals surface area contributed by atoms with Gasteiger partial charge >= 0.3 is 0 Å². The van der Waals surface area contributed by atoms with E-state index in [1.54, 1.807) is 11.7 Å². The van der Waals surface area contributed by atoms with Gasteiger partial charge in [-0.05, 0) is 25.0 Å². The third-order valence-corrected chi connectivity index (χ3v) is 5.11. The molecular weight excluding hydrogens is 370 g/mol. The van der Waals surface area contributed by atoms with Crippen molar-refractivity contribution in [3.05, 3.63) is 65.1 Å². The minimum Gasteiger partial charge on any atom is -0.376 e. The Hall–Kier alpha value is -3.00. The molecule has 1 aliphatic heterocycles. The lowest BCUT2D eigenvalue weighted by Gasteiger charge is -2.15. The molecule has 1 aromatic carbocycles. The number of carbonyl (C=O) groups excluding carboxylic acids is 1. The van der Waals surface area contributed by atoms with Gasteiger partial charge in [0.15, 0.2) is 5.82 Å². The number of carbonyl (C=O) groups is 1. The molecule has 1 amide bonds. The largest absolute Gasteiger partial charge is 0.376 e. The average Bonchev–Trinajstić information content (AvgIpc) is 3.45. The first-order valence-corrected chi connectivity index (χ1v) is 9.84. The zero-order chi connectivity index (χ0) is 20.2. The van der Waals surface area contributed by atoms with Crippen molar-refractivity contribution in [1.82, 2.24) is 24.8 Å². The van der Waals surface area contributed by atoms with E-state index < -0.39 is 0 Å². The maximum absolute atomic E-state index is 12.7. The monoisotopic (exact) mass is 395 g/mol. The van der Waals surface area contributed by atoms with Crippen molar-refractivity contribution < 1.29 is 14.1 Å². The smallest absolute Gasteiger partial charge is 0.272 e. The van der Waals surface area contributed by atoms with Crippen LogP contribution in [0.15, 0.2) is 40.9 Å². The predicted molar refractivity (Wildman–Crippen MR) is 105 cm³/mol. The summed E-state index contributed by atoms with van der Waals surface area (Å²) in [5.41, 5.74) is 2.58. The molecule has 0 N–H and O–H groups in total. The summed E-state index contributed by atoms with van der Waals surface area (Å²) < 4.78 is 12.8. The third-order valence-electron chi connectivity index (χ3n) is 5.11. The predicted octanol–water partition coefficient (Wildman–Crippen LogP) is 2.50. The van der Waals surface area contributed by atoms with Gasteiger partial charge in [0, 0.05) is 26.6 Å². The number of ether oxygens (including phenoxy) is 1. The topological polar surface area (TPSA) is 86.3 Å². The Morgan fingerprint density at radius 1 is 1.31 bits per heavy atom. The second kappa shape index (κ2) is 8.57. The molecule has 0 saturated carbocycles. The Morgan fingerprint density at radius 3 is 2.90 bits per heavy atom. The second-order valence-corrected chi connectivity index (χ2v) is 7.37. The Kier molecular flexibility index (Phi) is 5.71. The molecule has 152 valence electrons. The molecule has 1 aliphatic rings. The van der Waals surface area contributed by atoms with Crippen molar-refractivity contribution in [2.75, 3.05) is 19.7 Å². The van der Waals surface area contributed by atoms with Gasteiger partial charge in [0.05, 0.1) is 24.8 Å². The lowest BCUT2D eigenvalue weighted by molar-refractivity contribution is 0.0778. The molecule has 0 bridgehead atoms. The molecule has 3 heterocycles. The highest BCUT2D eigenvalue weighted by Gasteiger charge is 2.32. The van der Waals surface area contributed by atoms with Gasteiger partial charge in [0.25, 0.3) is 5.91 Å². The number of likely N-dealkylation sites (tertiary alicyclic amines) is 1. The van der Waals surface area contributed by atoms with E-state index in [0.717, 1.165) is 17.7 Å². The minimum atomic E-state index is -0.00958. The first-order valence-electron chi connectivity index (χ1n) is 9.84. The summed E-state index contributed by atoms with van der Waals surface area (Å²) in [5.74, 6) is 1.30. The number of aromatic nitrogens is 4. The van der Waals surface area contributed by atoms with Crippen LogP contribution in [0.2, 0.25) is 0 Å². The van der Waals surface area contributed by atoms with E-state index in [2.05, 4.69) is 15.2 Å². The lowest BCUT2D eigenvalue weighted by atomic mass is 10.1. The second-order valence-electron chi connectivity index (χ2n) is 7.37. The van der Waals surface area contributed by atoms with Crippen LogP contribution in [-0.2, 0) is 24.8 Å². The Morgan fingerprint density at radius 2 is 2.14 bits per heavy atom. The van der Waals surface area contributed by atoms with Crippen molar-refractivity contribution >= 4 is 5.91 Å². The molecule has 1 saturated heterocycles. The summed E-state index contributed by atoms with van der Waals surface area (Å²) in [7, 11) is 1.79. The number of aryl methyl sites for hydroxylation is 2. The van der Waals surface area contributed by atoms with E-state index in [9.17, 15) is 4.79 Å². The molecule has 3 aromatic rings. The SMILES string of the molecule is Cc1cc(C(=O)N2CCC(c3nc(CCOCc4ccccc4)no3)C2)n(C)n1. The molecule has 1 fully saturated rings. The summed E-state index contributed by atoms with van der Waals surface area (Å²) >= 11 is 0. The quantitative estimate of drug-likeness (QED) is 0.572. The Labute approximate surface area is 169 Å². The van der Waals surface area contributed by atoms with Crippen LogP contribution in [0, 0.1) is 6.92 Å². The molecule has 4 rings (SSSR count). The Bertz CT molecular complexity index is 966. The van der Waals surface area contributed by atoms with Crippen molar-refractivity contribution in [3.8, 4) is 0 Å². The van der Waals surface area contributed by atoms with Crippen molar-refractivity contribution in [1.29, 1.82) is 0 Å². The van der Waals surface area contributed by atoms with Crippen LogP contribution < -0.4 is 0 Å². The number of amides is 1. The van der Waals surface area contributed by atoms with E-state index in [4.69, 9.17) is 9.26 Å². The number of rotatable bonds is 7.